The second-order valence-corrected chi connectivity index (χ2v) is 5.49. The third-order valence-corrected chi connectivity index (χ3v) is 3.97. The van der Waals surface area contributed by atoms with Crippen LogP contribution in [-0.4, -0.2) is 29.0 Å². The molecule has 2 aromatic rings. The predicted molar refractivity (Wildman–Crippen MR) is 84.9 cm³/mol. The zero-order chi connectivity index (χ0) is 17.3. The third-order valence-electron chi connectivity index (χ3n) is 3.97. The molecule has 0 atom stereocenters. The summed E-state index contributed by atoms with van der Waals surface area (Å²) in [4.78, 5) is 49.7. The minimum atomic E-state index is -0.592. The van der Waals surface area contributed by atoms with Crippen LogP contribution in [0.5, 0.6) is 0 Å². The van der Waals surface area contributed by atoms with Gasteiger partial charge in [0.2, 0.25) is 5.91 Å². The Kier molecular flexibility index (Phi) is 4.12. The number of imide groups is 1. The van der Waals surface area contributed by atoms with Gasteiger partial charge in [-0.1, -0.05) is 37.3 Å². The van der Waals surface area contributed by atoms with Gasteiger partial charge in [0, 0.05) is 11.6 Å². The smallest absolute Gasteiger partial charge is 0.336 e. The van der Waals surface area contributed by atoms with E-state index in [9.17, 15) is 19.2 Å². The first-order valence-electron chi connectivity index (χ1n) is 7.60. The largest absolute Gasteiger partial charge is 0.426 e. The summed E-state index contributed by atoms with van der Waals surface area (Å²) in [6, 6.07) is 9.72. The zero-order valence-corrected chi connectivity index (χ0v) is 13.1. The number of hydrogen-bond donors (Lipinski definition) is 0. The van der Waals surface area contributed by atoms with E-state index in [0.29, 0.717) is 17.5 Å². The van der Waals surface area contributed by atoms with Crippen LogP contribution < -0.4 is 5.63 Å². The van der Waals surface area contributed by atoms with Gasteiger partial charge in [-0.3, -0.25) is 19.3 Å². The maximum Gasteiger partial charge on any atom is 0.336 e. The summed E-state index contributed by atoms with van der Waals surface area (Å²) in [5.41, 5.74) is 0.590. The SMILES string of the molecule is CCc1cc(=O)oc2c1C(=O)N(CC(=O)c1ccccc1)C(=O)C2. The van der Waals surface area contributed by atoms with E-state index >= 15 is 0 Å². The summed E-state index contributed by atoms with van der Waals surface area (Å²) in [6.45, 7) is 1.47. The Bertz CT molecular complexity index is 882. The van der Waals surface area contributed by atoms with E-state index in [0.717, 1.165) is 4.90 Å². The van der Waals surface area contributed by atoms with Gasteiger partial charge in [-0.25, -0.2) is 4.79 Å². The van der Waals surface area contributed by atoms with E-state index < -0.39 is 17.4 Å². The molecule has 0 saturated carbocycles. The molecule has 6 heteroatoms. The second kappa shape index (κ2) is 6.23. The van der Waals surface area contributed by atoms with Crippen LogP contribution in [0.2, 0.25) is 0 Å². The first kappa shape index (κ1) is 15.9. The molecule has 0 radical (unpaired) electrons. The Hall–Kier alpha value is -3.02. The summed E-state index contributed by atoms with van der Waals surface area (Å²) in [5, 5.41) is 0. The lowest BCUT2D eigenvalue weighted by molar-refractivity contribution is -0.128. The maximum absolute atomic E-state index is 12.7. The van der Waals surface area contributed by atoms with Gasteiger partial charge in [0.25, 0.3) is 5.91 Å². The highest BCUT2D eigenvalue weighted by atomic mass is 16.4. The number of ketones is 1. The number of hydrogen-bond acceptors (Lipinski definition) is 5. The number of fused-ring (bicyclic) bond motifs is 1. The summed E-state index contributed by atoms with van der Waals surface area (Å²) < 4.78 is 5.01. The summed E-state index contributed by atoms with van der Waals surface area (Å²) in [5.74, 6) is -1.38. The average molecular weight is 325 g/mol. The van der Waals surface area contributed by atoms with Crippen molar-refractivity contribution in [3.63, 3.8) is 0 Å². The van der Waals surface area contributed by atoms with Crippen molar-refractivity contribution in [1.82, 2.24) is 4.90 Å². The van der Waals surface area contributed by atoms with Crippen molar-refractivity contribution < 1.29 is 18.8 Å². The van der Waals surface area contributed by atoms with E-state index in [-0.39, 0.29) is 30.1 Å². The Balaban J connectivity index is 1.95. The maximum atomic E-state index is 12.7. The Morgan fingerprint density at radius 3 is 2.54 bits per heavy atom. The number of Topliss-reactive ketones (excluding diaryl/α,β-unsaturated/α-hetero) is 1. The van der Waals surface area contributed by atoms with Crippen molar-refractivity contribution in [1.29, 1.82) is 0 Å². The van der Waals surface area contributed by atoms with Crippen LogP contribution in [0.1, 0.15) is 39.0 Å². The third kappa shape index (κ3) is 2.78. The molecular weight excluding hydrogens is 310 g/mol. The first-order valence-corrected chi connectivity index (χ1v) is 7.60. The van der Waals surface area contributed by atoms with Gasteiger partial charge in [-0.2, -0.15) is 0 Å². The molecule has 1 aliphatic heterocycles. The number of carbonyl (C=O) groups is 3. The fourth-order valence-electron chi connectivity index (χ4n) is 2.76. The molecule has 2 heterocycles. The van der Waals surface area contributed by atoms with E-state index in [4.69, 9.17) is 4.42 Å². The van der Waals surface area contributed by atoms with E-state index in [1.54, 1.807) is 37.3 Å². The van der Waals surface area contributed by atoms with Crippen LogP contribution in [0, 0.1) is 0 Å². The molecule has 0 aliphatic carbocycles. The highest BCUT2D eigenvalue weighted by molar-refractivity contribution is 6.13. The normalized spacial score (nSPS) is 13.8. The van der Waals surface area contributed by atoms with Gasteiger partial charge in [0.1, 0.15) is 5.76 Å². The Morgan fingerprint density at radius 1 is 1.17 bits per heavy atom. The van der Waals surface area contributed by atoms with Crippen molar-refractivity contribution in [3.05, 3.63) is 69.3 Å². The van der Waals surface area contributed by atoms with Crippen molar-refractivity contribution in [2.45, 2.75) is 19.8 Å². The van der Waals surface area contributed by atoms with Crippen molar-refractivity contribution in [2.75, 3.05) is 6.54 Å². The molecule has 6 nitrogen and oxygen atoms in total. The van der Waals surface area contributed by atoms with E-state index in [1.807, 2.05) is 0 Å². The monoisotopic (exact) mass is 325 g/mol. The average Bonchev–Trinajstić information content (AvgIpc) is 2.58. The fourth-order valence-corrected chi connectivity index (χ4v) is 2.76. The Morgan fingerprint density at radius 2 is 1.88 bits per heavy atom. The summed E-state index contributed by atoms with van der Waals surface area (Å²) in [6.07, 6.45) is 0.251. The summed E-state index contributed by atoms with van der Waals surface area (Å²) in [7, 11) is 0. The van der Waals surface area contributed by atoms with Gasteiger partial charge in [-0.15, -0.1) is 0 Å². The first-order chi connectivity index (χ1) is 11.5. The molecule has 0 fully saturated rings. The van der Waals surface area contributed by atoms with Crippen LogP contribution in [-0.2, 0) is 17.6 Å². The van der Waals surface area contributed by atoms with E-state index in [1.165, 1.54) is 6.07 Å². The molecular formula is C18H15NO5. The molecule has 0 N–H and O–H groups in total. The van der Waals surface area contributed by atoms with Crippen molar-refractivity contribution in [3.8, 4) is 0 Å². The second-order valence-electron chi connectivity index (χ2n) is 5.49. The lowest BCUT2D eigenvalue weighted by atomic mass is 9.98. The number of nitrogens with zero attached hydrogens (tertiary/aromatic N) is 1. The minimum absolute atomic E-state index is 0.0813. The zero-order valence-electron chi connectivity index (χ0n) is 13.1. The molecule has 24 heavy (non-hydrogen) atoms. The highest BCUT2D eigenvalue weighted by Crippen LogP contribution is 2.23. The molecule has 0 spiro atoms. The van der Waals surface area contributed by atoms with Gasteiger partial charge >= 0.3 is 5.63 Å². The topological polar surface area (TPSA) is 84.7 Å². The standard InChI is InChI=1S/C18H15NO5/c1-2-11-8-16(22)24-14-9-15(21)19(18(23)17(11)14)10-13(20)12-6-4-3-5-7-12/h3-8H,2,9-10H2,1H3. The van der Waals surface area contributed by atoms with Gasteiger partial charge in [0.15, 0.2) is 5.78 Å². The number of amides is 2. The molecule has 0 bridgehead atoms. The quantitative estimate of drug-likeness (QED) is 0.630. The highest BCUT2D eigenvalue weighted by Gasteiger charge is 2.35. The van der Waals surface area contributed by atoms with Gasteiger partial charge < -0.3 is 4.42 Å². The lowest BCUT2D eigenvalue weighted by Crippen LogP contribution is -2.45. The predicted octanol–water partition coefficient (Wildman–Crippen LogP) is 1.61. The van der Waals surface area contributed by atoms with Gasteiger partial charge in [0.05, 0.1) is 18.5 Å². The fraction of sp³-hybridized carbons (Fsp3) is 0.222. The molecule has 122 valence electrons. The number of carbonyl (C=O) groups excluding carboxylic acids is 3. The number of rotatable bonds is 4. The van der Waals surface area contributed by atoms with Crippen LogP contribution in [0.25, 0.3) is 0 Å². The molecule has 2 amide bonds. The van der Waals surface area contributed by atoms with Crippen LogP contribution in [0.15, 0.2) is 45.6 Å². The minimum Gasteiger partial charge on any atom is -0.426 e. The molecule has 3 rings (SSSR count). The van der Waals surface area contributed by atoms with Gasteiger partial charge in [-0.05, 0) is 12.0 Å². The Labute approximate surface area is 137 Å². The van der Waals surface area contributed by atoms with E-state index in [2.05, 4.69) is 0 Å². The molecule has 1 aliphatic rings. The van der Waals surface area contributed by atoms with Crippen LogP contribution in [0.3, 0.4) is 0 Å². The van der Waals surface area contributed by atoms with Crippen molar-refractivity contribution >= 4 is 17.6 Å². The van der Waals surface area contributed by atoms with Crippen molar-refractivity contribution in [2.24, 2.45) is 0 Å². The number of benzene rings is 1. The molecule has 0 unspecified atom stereocenters. The van der Waals surface area contributed by atoms with Crippen LogP contribution >= 0.6 is 0 Å². The number of aryl methyl sites for hydroxylation is 1. The molecule has 1 aromatic carbocycles. The molecule has 0 saturated heterocycles. The summed E-state index contributed by atoms with van der Waals surface area (Å²) >= 11 is 0. The lowest BCUT2D eigenvalue weighted by Gasteiger charge is -2.26. The molecule has 1 aromatic heterocycles. The van der Waals surface area contributed by atoms with Crippen LogP contribution in [0.4, 0.5) is 0 Å².